The minimum atomic E-state index is -1.24. The number of anilines is 2. The molecule has 3 unspecified atom stereocenters. The molecule has 3 N–H and O–H groups in total. The third kappa shape index (κ3) is 8.79. The van der Waals surface area contributed by atoms with Crippen LogP contribution >= 0.6 is 0 Å². The minimum absolute atomic E-state index is 0.0314. The van der Waals surface area contributed by atoms with E-state index < -0.39 is 46.7 Å². The summed E-state index contributed by atoms with van der Waals surface area (Å²) in [7, 11) is 0. The number of halogens is 5. The molecule has 7 heterocycles. The van der Waals surface area contributed by atoms with Gasteiger partial charge in [0.05, 0.1) is 17.9 Å². The average molecular weight is 993 g/mol. The van der Waals surface area contributed by atoms with Gasteiger partial charge in [0.2, 0.25) is 11.8 Å². The van der Waals surface area contributed by atoms with Crippen LogP contribution < -0.4 is 25.2 Å². The highest BCUT2D eigenvalue weighted by Gasteiger charge is 2.54. The van der Waals surface area contributed by atoms with Gasteiger partial charge in [0.1, 0.15) is 45.9 Å². The van der Waals surface area contributed by atoms with Gasteiger partial charge in [0, 0.05) is 92.7 Å². The number of amides is 2. The van der Waals surface area contributed by atoms with Crippen molar-refractivity contribution in [3.63, 3.8) is 0 Å². The molecule has 3 aromatic carbocycles. The van der Waals surface area contributed by atoms with Crippen molar-refractivity contribution in [3.8, 4) is 23.0 Å². The molecule has 72 heavy (non-hydrogen) atoms. The van der Waals surface area contributed by atoms with Crippen LogP contribution in [0.4, 0.5) is 33.5 Å². The van der Waals surface area contributed by atoms with Crippen LogP contribution in [0.15, 0.2) is 42.6 Å². The molecule has 7 fully saturated rings. The number of carbonyl (C=O) groups excluding carboxylic acids is 2. The summed E-state index contributed by atoms with van der Waals surface area (Å²) in [6.45, 7) is 7.39. The maximum atomic E-state index is 17.2. The van der Waals surface area contributed by atoms with Gasteiger partial charge in [-0.2, -0.15) is 9.97 Å². The Morgan fingerprint density at radius 1 is 0.847 bits per heavy atom. The molecule has 2 saturated carbocycles. The molecule has 7 aliphatic rings. The monoisotopic (exact) mass is 992 g/mol. The molecule has 2 aromatic heterocycles. The van der Waals surface area contributed by atoms with Gasteiger partial charge in [0.15, 0.2) is 5.82 Å². The second-order valence-electron chi connectivity index (χ2n) is 22.6. The molecule has 0 radical (unpaired) electrons. The first kappa shape index (κ1) is 47.3. The van der Waals surface area contributed by atoms with Crippen LogP contribution in [0.2, 0.25) is 0 Å². The number of alkyl halides is 1. The quantitative estimate of drug-likeness (QED) is 0.0816. The number of phenolic OH excluding ortho intramolecular Hbond substituents is 1. The lowest BCUT2D eigenvalue weighted by Crippen LogP contribution is -2.60. The van der Waals surface area contributed by atoms with Crippen LogP contribution in [0.1, 0.15) is 107 Å². The number of phenols is 1. The van der Waals surface area contributed by atoms with E-state index in [2.05, 4.69) is 25.4 Å². The molecule has 5 aliphatic heterocycles. The number of hydrogen-bond acceptors (Lipinski definition) is 11. The first-order chi connectivity index (χ1) is 34.7. The molecule has 2 aliphatic carbocycles. The Labute approximate surface area is 415 Å². The zero-order valence-electron chi connectivity index (χ0n) is 40.7. The van der Waals surface area contributed by atoms with Gasteiger partial charge >= 0.3 is 6.01 Å². The maximum Gasteiger partial charge on any atom is 0.319 e. The van der Waals surface area contributed by atoms with Gasteiger partial charge in [-0.1, -0.05) is 13.0 Å². The molecule has 2 bridgehead atoms. The maximum absolute atomic E-state index is 17.2. The number of fused-ring (bicyclic) bond motifs is 4. The predicted molar refractivity (Wildman–Crippen MR) is 263 cm³/mol. The number of aromatic hydroxyl groups is 1. The number of nitrogens with zero attached hydrogens (tertiary/aromatic N) is 6. The molecule has 17 heteroatoms. The molecule has 5 saturated heterocycles. The molecule has 12 rings (SSSR count). The van der Waals surface area contributed by atoms with Crippen LogP contribution in [-0.2, 0) is 16.0 Å². The minimum Gasteiger partial charge on any atom is -0.508 e. The Morgan fingerprint density at radius 2 is 1.57 bits per heavy atom. The first-order valence-corrected chi connectivity index (χ1v) is 26.1. The van der Waals surface area contributed by atoms with E-state index in [-0.39, 0.29) is 75.8 Å². The van der Waals surface area contributed by atoms with Crippen molar-refractivity contribution < 1.29 is 41.4 Å². The lowest BCUT2D eigenvalue weighted by atomic mass is 9.63. The number of aromatic nitrogens is 3. The second kappa shape index (κ2) is 18.1. The van der Waals surface area contributed by atoms with E-state index in [0.29, 0.717) is 91.7 Å². The number of piperidine rings is 2. The Kier molecular flexibility index (Phi) is 11.9. The summed E-state index contributed by atoms with van der Waals surface area (Å²) in [5.41, 5.74) is -0.418. The number of nitrogens with one attached hydrogen (secondary N) is 2. The zero-order valence-corrected chi connectivity index (χ0v) is 40.7. The van der Waals surface area contributed by atoms with E-state index >= 15 is 22.0 Å². The number of rotatable bonds is 12. The number of aryl methyl sites for hydroxylation is 1. The van der Waals surface area contributed by atoms with Crippen molar-refractivity contribution in [2.75, 3.05) is 62.2 Å². The Balaban J connectivity index is 0.681. The second-order valence-corrected chi connectivity index (χ2v) is 22.6. The smallest absolute Gasteiger partial charge is 0.319 e. The normalized spacial score (nSPS) is 24.8. The third-order valence-corrected chi connectivity index (χ3v) is 17.6. The van der Waals surface area contributed by atoms with Crippen molar-refractivity contribution >= 4 is 45.0 Å². The summed E-state index contributed by atoms with van der Waals surface area (Å²) < 4.78 is 86.0. The van der Waals surface area contributed by atoms with Gasteiger partial charge < -0.3 is 29.9 Å². The predicted octanol–water partition coefficient (Wildman–Crippen LogP) is 9.18. The topological polar surface area (TPSA) is 136 Å². The van der Waals surface area contributed by atoms with Crippen LogP contribution in [0.25, 0.3) is 32.9 Å². The van der Waals surface area contributed by atoms with Crippen molar-refractivity contribution in [1.82, 2.24) is 30.5 Å². The number of pyridine rings is 1. The van der Waals surface area contributed by atoms with E-state index in [1.54, 1.807) is 18.3 Å². The number of benzene rings is 3. The summed E-state index contributed by atoms with van der Waals surface area (Å²) >= 11 is 0. The molecular weight excluding hydrogens is 932 g/mol. The summed E-state index contributed by atoms with van der Waals surface area (Å²) in [6.07, 6.45) is 10.7. The number of imide groups is 1. The molecular formula is C55H61F5N8O4. The van der Waals surface area contributed by atoms with Crippen molar-refractivity contribution in [2.24, 2.45) is 16.7 Å². The molecule has 1 spiro atoms. The van der Waals surface area contributed by atoms with Crippen molar-refractivity contribution in [3.05, 3.63) is 77.0 Å². The van der Waals surface area contributed by atoms with E-state index in [4.69, 9.17) is 14.7 Å². The molecule has 3 atom stereocenters. The summed E-state index contributed by atoms with van der Waals surface area (Å²) in [5.74, 6) is -4.20. The fraction of sp³-hybridized carbons (Fsp3) is 0.545. The van der Waals surface area contributed by atoms with Crippen molar-refractivity contribution in [2.45, 2.75) is 120 Å². The van der Waals surface area contributed by atoms with Gasteiger partial charge in [-0.05, 0) is 141 Å². The highest BCUT2D eigenvalue weighted by molar-refractivity contribution is 6.02. The largest absolute Gasteiger partial charge is 0.508 e. The standard InChI is InChI=1S/C55H61F5N8O4/c1-2-37-41(56)7-3-32-19-36(69)22-39(45(32)37)48-47(59)49-40(24-61-48)50(68-25-33-4-5-34(26-68)62-33)65-52(64-49)72-30-54(11-12-54)29-66-27-53(28-66)13-15-55(60,16-14-53)23-31-9-17-67(18-10-31)35-20-42(57)46(43(58)21-35)38-6-8-44(70)63-51(38)71/h3,7,19-22,24,31,33-34,38,62,69H,2,4-6,8-18,23,25-30H2,1H3,(H,63,70,71). The zero-order chi connectivity index (χ0) is 49.7. The molecule has 2 amide bonds. The fourth-order valence-electron chi connectivity index (χ4n) is 13.5. The van der Waals surface area contributed by atoms with Gasteiger partial charge in [-0.15, -0.1) is 0 Å². The number of likely N-dealkylation sites (tertiary alicyclic amines) is 1. The SMILES string of the molecule is CCc1c(F)ccc2cc(O)cc(-c3ncc4c(N5CC6CCC(C5)N6)nc(OCC5(CN6CC7(CCC(F)(CC8CCN(c9cc(F)c(C%10CCC(=O)NC%10=O)c(F)c9)CC8)CC7)C6)CC5)nc4c3F)c12. The highest BCUT2D eigenvalue weighted by Crippen LogP contribution is 2.54. The lowest BCUT2D eigenvalue weighted by molar-refractivity contribution is -0.134. The van der Waals surface area contributed by atoms with Crippen LogP contribution in [0.5, 0.6) is 11.8 Å². The molecule has 12 nitrogen and oxygen atoms in total. The van der Waals surface area contributed by atoms with Crippen molar-refractivity contribution in [1.29, 1.82) is 0 Å². The Morgan fingerprint density at radius 3 is 2.25 bits per heavy atom. The Bertz CT molecular complexity index is 2950. The van der Waals surface area contributed by atoms with Crippen LogP contribution in [0.3, 0.4) is 0 Å². The van der Waals surface area contributed by atoms with E-state index in [1.807, 2.05) is 11.8 Å². The van der Waals surface area contributed by atoms with Gasteiger partial charge in [-0.3, -0.25) is 19.9 Å². The van der Waals surface area contributed by atoms with Crippen LogP contribution in [0, 0.1) is 40.0 Å². The number of piperazine rings is 1. The lowest BCUT2D eigenvalue weighted by Gasteiger charge is -2.55. The summed E-state index contributed by atoms with van der Waals surface area (Å²) in [5, 5.41) is 18.1. The van der Waals surface area contributed by atoms with Crippen LogP contribution in [-0.4, -0.2) is 107 Å². The highest BCUT2D eigenvalue weighted by atomic mass is 19.2. The van der Waals surface area contributed by atoms with E-state index in [1.165, 1.54) is 24.3 Å². The average Bonchev–Trinajstić information content (AvgIpc) is 4.04. The summed E-state index contributed by atoms with van der Waals surface area (Å²) in [6, 6.07) is 9.14. The number of hydrogen-bond donors (Lipinski definition) is 3. The van der Waals surface area contributed by atoms with Gasteiger partial charge in [-0.25, -0.2) is 22.0 Å². The summed E-state index contributed by atoms with van der Waals surface area (Å²) in [4.78, 5) is 44.8. The molecule has 5 aromatic rings. The number of carbonyl (C=O) groups is 2. The molecule has 380 valence electrons. The van der Waals surface area contributed by atoms with Gasteiger partial charge in [0.25, 0.3) is 0 Å². The third-order valence-electron chi connectivity index (χ3n) is 17.6. The number of ether oxygens (including phenoxy) is 1. The fourth-order valence-corrected chi connectivity index (χ4v) is 13.5. The Hall–Kier alpha value is -5.68. The van der Waals surface area contributed by atoms with E-state index in [9.17, 15) is 14.7 Å². The van der Waals surface area contributed by atoms with E-state index in [0.717, 1.165) is 71.0 Å². The first-order valence-electron chi connectivity index (χ1n) is 26.1.